The van der Waals surface area contributed by atoms with Gasteiger partial charge in [-0.15, -0.1) is 0 Å². The first-order valence-corrected chi connectivity index (χ1v) is 12.0. The summed E-state index contributed by atoms with van der Waals surface area (Å²) in [5.41, 5.74) is 0.688. The Hall–Kier alpha value is -3.39. The standard InChI is InChI=1S/C27H31FN2O5/c1-3-15-35-20-8-6-7-18(16-20)24-23(25(31)19-9-10-22(34-2)21(28)17-19)26(32)27(33)30(24)14-13-29-11-4-5-12-29/h6-10,16-17,24,31H,3-5,11-15H2,1-2H3/b25-23+. The molecule has 2 aliphatic rings. The minimum absolute atomic E-state index is 0.0185. The fraction of sp³-hybridized carbons (Fsp3) is 0.407. The number of nitrogens with zero attached hydrogens (tertiary/aromatic N) is 2. The highest BCUT2D eigenvalue weighted by molar-refractivity contribution is 6.46. The fourth-order valence-corrected chi connectivity index (χ4v) is 4.68. The Morgan fingerprint density at radius 3 is 2.57 bits per heavy atom. The maximum Gasteiger partial charge on any atom is 0.295 e. The monoisotopic (exact) mass is 482 g/mol. The highest BCUT2D eigenvalue weighted by Crippen LogP contribution is 2.40. The fourth-order valence-electron chi connectivity index (χ4n) is 4.68. The summed E-state index contributed by atoms with van der Waals surface area (Å²) in [7, 11) is 1.34. The summed E-state index contributed by atoms with van der Waals surface area (Å²) in [5.74, 6) is -1.92. The van der Waals surface area contributed by atoms with E-state index in [9.17, 15) is 19.1 Å². The maximum atomic E-state index is 14.4. The molecule has 7 nitrogen and oxygen atoms in total. The van der Waals surface area contributed by atoms with Gasteiger partial charge in [0.2, 0.25) is 0 Å². The SMILES string of the molecule is CCCOc1cccc(C2/C(=C(\O)c3ccc(OC)c(F)c3)C(=O)C(=O)N2CCN2CCCC2)c1. The van der Waals surface area contributed by atoms with Crippen LogP contribution in [0.2, 0.25) is 0 Å². The summed E-state index contributed by atoms with van der Waals surface area (Å²) in [4.78, 5) is 30.1. The summed E-state index contributed by atoms with van der Waals surface area (Å²) < 4.78 is 25.1. The van der Waals surface area contributed by atoms with Gasteiger partial charge in [-0.05, 0) is 68.2 Å². The molecule has 8 heteroatoms. The van der Waals surface area contributed by atoms with Crippen LogP contribution in [0.3, 0.4) is 0 Å². The second-order valence-corrected chi connectivity index (χ2v) is 8.81. The predicted molar refractivity (Wildman–Crippen MR) is 130 cm³/mol. The lowest BCUT2D eigenvalue weighted by molar-refractivity contribution is -0.140. The molecule has 35 heavy (non-hydrogen) atoms. The van der Waals surface area contributed by atoms with Gasteiger partial charge in [0, 0.05) is 18.7 Å². The van der Waals surface area contributed by atoms with Crippen LogP contribution in [0, 0.1) is 5.82 Å². The molecule has 2 aliphatic heterocycles. The molecule has 0 aromatic heterocycles. The average molecular weight is 483 g/mol. The minimum atomic E-state index is -0.812. The molecule has 2 aromatic carbocycles. The molecule has 0 radical (unpaired) electrons. The third kappa shape index (κ3) is 5.17. The van der Waals surface area contributed by atoms with Crippen molar-refractivity contribution < 1.29 is 28.6 Å². The average Bonchev–Trinajstić information content (AvgIpc) is 3.47. The number of ether oxygens (including phenoxy) is 2. The van der Waals surface area contributed by atoms with Gasteiger partial charge in [0.25, 0.3) is 11.7 Å². The summed E-state index contributed by atoms with van der Waals surface area (Å²) in [6, 6.07) is 10.3. The molecule has 0 aliphatic carbocycles. The highest BCUT2D eigenvalue weighted by atomic mass is 19.1. The molecule has 0 saturated carbocycles. The van der Waals surface area contributed by atoms with E-state index >= 15 is 0 Å². The molecule has 0 spiro atoms. The Kier molecular flexibility index (Phi) is 7.70. The van der Waals surface area contributed by atoms with Crippen LogP contribution in [0.4, 0.5) is 4.39 Å². The van der Waals surface area contributed by atoms with E-state index in [1.54, 1.807) is 18.2 Å². The number of carbonyl (C=O) groups excluding carboxylic acids is 2. The van der Waals surface area contributed by atoms with Crippen molar-refractivity contribution in [1.29, 1.82) is 0 Å². The van der Waals surface area contributed by atoms with E-state index in [0.717, 1.165) is 38.4 Å². The topological polar surface area (TPSA) is 79.3 Å². The van der Waals surface area contributed by atoms with Crippen molar-refractivity contribution in [3.63, 3.8) is 0 Å². The third-order valence-corrected chi connectivity index (χ3v) is 6.47. The van der Waals surface area contributed by atoms with Crippen LogP contribution in [0.1, 0.15) is 43.4 Å². The van der Waals surface area contributed by atoms with Gasteiger partial charge in [-0.1, -0.05) is 19.1 Å². The van der Waals surface area contributed by atoms with Crippen molar-refractivity contribution in [2.24, 2.45) is 0 Å². The van der Waals surface area contributed by atoms with E-state index in [4.69, 9.17) is 9.47 Å². The molecule has 1 amide bonds. The van der Waals surface area contributed by atoms with E-state index in [1.807, 2.05) is 13.0 Å². The normalized spacial score (nSPS) is 20.0. The molecule has 186 valence electrons. The minimum Gasteiger partial charge on any atom is -0.507 e. The molecule has 2 heterocycles. The Balaban J connectivity index is 1.77. The summed E-state index contributed by atoms with van der Waals surface area (Å²) in [6.45, 7) is 5.42. The molecule has 2 fully saturated rings. The second kappa shape index (κ2) is 10.9. The first kappa shape index (κ1) is 24.7. The zero-order chi connectivity index (χ0) is 24.9. The number of hydrogen-bond donors (Lipinski definition) is 1. The molecule has 1 N–H and O–H groups in total. The predicted octanol–water partition coefficient (Wildman–Crippen LogP) is 4.14. The number of halogens is 1. The largest absolute Gasteiger partial charge is 0.507 e. The van der Waals surface area contributed by atoms with E-state index in [0.29, 0.717) is 31.0 Å². The third-order valence-electron chi connectivity index (χ3n) is 6.47. The Morgan fingerprint density at radius 2 is 1.89 bits per heavy atom. The van der Waals surface area contributed by atoms with Gasteiger partial charge >= 0.3 is 0 Å². The second-order valence-electron chi connectivity index (χ2n) is 8.81. The molecule has 2 aromatic rings. The van der Waals surface area contributed by atoms with Crippen LogP contribution < -0.4 is 9.47 Å². The number of benzene rings is 2. The Bertz CT molecular complexity index is 1130. The molecular formula is C27H31FN2O5. The van der Waals surface area contributed by atoms with E-state index in [2.05, 4.69) is 4.90 Å². The van der Waals surface area contributed by atoms with Gasteiger partial charge in [0.05, 0.1) is 25.3 Å². The number of methoxy groups -OCH3 is 1. The van der Waals surface area contributed by atoms with Gasteiger partial charge in [0.15, 0.2) is 11.6 Å². The van der Waals surface area contributed by atoms with Crippen LogP contribution in [-0.4, -0.2) is 66.5 Å². The number of Topliss-reactive ketones (excluding diaryl/α,β-unsaturated/α-hetero) is 1. The quantitative estimate of drug-likeness (QED) is 0.329. The van der Waals surface area contributed by atoms with Crippen molar-refractivity contribution in [3.05, 3.63) is 65.0 Å². The van der Waals surface area contributed by atoms with Gasteiger partial charge in [0.1, 0.15) is 11.5 Å². The summed E-state index contributed by atoms with van der Waals surface area (Å²) in [6.07, 6.45) is 3.06. The lowest BCUT2D eigenvalue weighted by Crippen LogP contribution is -2.37. The van der Waals surface area contributed by atoms with Gasteiger partial charge in [-0.25, -0.2) is 4.39 Å². The number of ketones is 1. The van der Waals surface area contributed by atoms with Crippen molar-refractivity contribution in [2.45, 2.75) is 32.2 Å². The Morgan fingerprint density at radius 1 is 1.11 bits per heavy atom. The number of rotatable bonds is 9. The maximum absolute atomic E-state index is 14.4. The van der Waals surface area contributed by atoms with Crippen molar-refractivity contribution >= 4 is 17.4 Å². The van der Waals surface area contributed by atoms with Gasteiger partial charge in [-0.3, -0.25) is 9.59 Å². The molecular weight excluding hydrogens is 451 g/mol. The van der Waals surface area contributed by atoms with Gasteiger partial charge < -0.3 is 24.4 Å². The van der Waals surface area contributed by atoms with E-state index < -0.39 is 29.3 Å². The molecule has 1 atom stereocenters. The lowest BCUT2D eigenvalue weighted by Gasteiger charge is -2.27. The van der Waals surface area contributed by atoms with Crippen molar-refractivity contribution in [2.75, 3.05) is 39.9 Å². The first-order chi connectivity index (χ1) is 16.9. The van der Waals surface area contributed by atoms with Crippen molar-refractivity contribution in [1.82, 2.24) is 9.80 Å². The van der Waals surface area contributed by atoms with E-state index in [-0.39, 0.29) is 16.9 Å². The molecule has 2 saturated heterocycles. The van der Waals surface area contributed by atoms with Crippen LogP contribution >= 0.6 is 0 Å². The number of hydrogen-bond acceptors (Lipinski definition) is 6. The number of likely N-dealkylation sites (tertiary alicyclic amines) is 2. The molecule has 0 bridgehead atoms. The Labute approximate surface area is 204 Å². The number of carbonyl (C=O) groups is 2. The zero-order valence-corrected chi connectivity index (χ0v) is 20.1. The van der Waals surface area contributed by atoms with Crippen LogP contribution in [0.5, 0.6) is 11.5 Å². The molecule has 1 unspecified atom stereocenters. The first-order valence-electron chi connectivity index (χ1n) is 12.0. The summed E-state index contributed by atoms with van der Waals surface area (Å²) in [5, 5.41) is 11.2. The summed E-state index contributed by atoms with van der Waals surface area (Å²) >= 11 is 0. The number of amides is 1. The van der Waals surface area contributed by atoms with Crippen LogP contribution in [0.25, 0.3) is 5.76 Å². The highest BCUT2D eigenvalue weighted by Gasteiger charge is 2.46. The van der Waals surface area contributed by atoms with Crippen molar-refractivity contribution in [3.8, 4) is 11.5 Å². The number of aliphatic hydroxyl groups excluding tert-OH is 1. The lowest BCUT2D eigenvalue weighted by atomic mass is 9.95. The smallest absolute Gasteiger partial charge is 0.295 e. The van der Waals surface area contributed by atoms with Crippen LogP contribution in [-0.2, 0) is 9.59 Å². The van der Waals surface area contributed by atoms with E-state index in [1.165, 1.54) is 24.1 Å². The van der Waals surface area contributed by atoms with Crippen LogP contribution in [0.15, 0.2) is 48.0 Å². The number of aliphatic hydroxyl groups is 1. The van der Waals surface area contributed by atoms with Gasteiger partial charge in [-0.2, -0.15) is 0 Å². The zero-order valence-electron chi connectivity index (χ0n) is 20.1. The molecule has 4 rings (SSSR count).